The molecule has 31 heavy (non-hydrogen) atoms. The highest BCUT2D eigenvalue weighted by atomic mass is 16.5. The fourth-order valence-electron chi connectivity index (χ4n) is 3.68. The molecule has 2 aromatic rings. The third-order valence-corrected chi connectivity index (χ3v) is 5.88. The molecule has 8 heteroatoms. The molecule has 3 rings (SSSR count). The van der Waals surface area contributed by atoms with Crippen LogP contribution in [0.25, 0.3) is 11.3 Å². The number of pyridine rings is 1. The molecule has 168 valence electrons. The molecule has 1 aromatic heterocycles. The van der Waals surface area contributed by atoms with Crippen molar-refractivity contribution in [2.75, 3.05) is 32.4 Å². The molecule has 1 aromatic carbocycles. The Morgan fingerprint density at radius 3 is 2.55 bits per heavy atom. The summed E-state index contributed by atoms with van der Waals surface area (Å²) in [6.45, 7) is 8.19. The van der Waals surface area contributed by atoms with Gasteiger partial charge in [-0.25, -0.2) is 4.79 Å². The lowest BCUT2D eigenvalue weighted by Gasteiger charge is -2.45. The zero-order valence-corrected chi connectivity index (χ0v) is 18.7. The molecule has 1 aliphatic rings. The Morgan fingerprint density at radius 2 is 1.94 bits per heavy atom. The first kappa shape index (κ1) is 22.8. The van der Waals surface area contributed by atoms with Crippen LogP contribution in [0.4, 0.5) is 0 Å². The molecule has 2 heterocycles. The van der Waals surface area contributed by atoms with E-state index in [9.17, 15) is 14.7 Å². The van der Waals surface area contributed by atoms with Crippen molar-refractivity contribution in [3.63, 3.8) is 0 Å². The number of hydrogen-bond donors (Lipinski definition) is 1. The Balaban J connectivity index is 2.16. The monoisotopic (exact) mass is 430 g/mol. The minimum absolute atomic E-state index is 0.251. The van der Waals surface area contributed by atoms with Crippen LogP contribution in [0, 0.1) is 0 Å². The third kappa shape index (κ3) is 4.45. The van der Waals surface area contributed by atoms with Gasteiger partial charge in [-0.05, 0) is 38.0 Å². The van der Waals surface area contributed by atoms with E-state index in [0.717, 1.165) is 23.1 Å². The topological polar surface area (TPSA) is 90.2 Å². The lowest BCUT2D eigenvalue weighted by atomic mass is 9.94. The first-order valence-corrected chi connectivity index (χ1v) is 10.3. The number of methoxy groups -OCH3 is 2. The van der Waals surface area contributed by atoms with E-state index in [1.807, 2.05) is 12.1 Å². The number of fused-ring (bicyclic) bond motifs is 3. The molecule has 0 bridgehead atoms. The Labute approximate surface area is 181 Å². The molecule has 0 spiro atoms. The quantitative estimate of drug-likeness (QED) is 0.612. The molecule has 1 aliphatic heterocycles. The van der Waals surface area contributed by atoms with E-state index in [1.165, 1.54) is 12.3 Å². The summed E-state index contributed by atoms with van der Waals surface area (Å²) in [4.78, 5) is 24.1. The fraction of sp³-hybridized carbons (Fsp3) is 0.478. The minimum Gasteiger partial charge on any atom is -0.496 e. The zero-order valence-electron chi connectivity index (χ0n) is 18.7. The van der Waals surface area contributed by atoms with Crippen molar-refractivity contribution in [3.8, 4) is 17.0 Å². The summed E-state index contributed by atoms with van der Waals surface area (Å²) in [7, 11) is 3.22. The van der Waals surface area contributed by atoms with Gasteiger partial charge in [0.25, 0.3) is 0 Å². The lowest BCUT2D eigenvalue weighted by Crippen LogP contribution is -2.52. The highest BCUT2D eigenvalue weighted by Gasteiger charge is 2.33. The summed E-state index contributed by atoms with van der Waals surface area (Å²) in [5.74, 6) is -0.581. The summed E-state index contributed by atoms with van der Waals surface area (Å²) in [5, 5.41) is 11.6. The summed E-state index contributed by atoms with van der Waals surface area (Å²) >= 11 is 0. The molecule has 0 amide bonds. The van der Waals surface area contributed by atoms with E-state index in [1.54, 1.807) is 18.9 Å². The fourth-order valence-corrected chi connectivity index (χ4v) is 3.68. The maximum atomic E-state index is 12.5. The van der Waals surface area contributed by atoms with E-state index in [-0.39, 0.29) is 11.1 Å². The number of carbonyl (C=O) groups is 1. The second-order valence-electron chi connectivity index (χ2n) is 8.18. The van der Waals surface area contributed by atoms with Gasteiger partial charge in [0.1, 0.15) is 11.3 Å². The van der Waals surface area contributed by atoms with Crippen LogP contribution in [0.3, 0.4) is 0 Å². The zero-order chi connectivity index (χ0) is 22.8. The second-order valence-corrected chi connectivity index (χ2v) is 8.18. The first-order valence-electron chi connectivity index (χ1n) is 10.3. The van der Waals surface area contributed by atoms with Crippen molar-refractivity contribution in [1.82, 2.24) is 4.68 Å². The first-order chi connectivity index (χ1) is 14.7. The Kier molecular flexibility index (Phi) is 6.71. The van der Waals surface area contributed by atoms with Crippen LogP contribution in [0.5, 0.6) is 5.75 Å². The normalized spacial score (nSPS) is 13.0. The van der Waals surface area contributed by atoms with E-state index >= 15 is 0 Å². The number of hydrogen-bond acceptors (Lipinski definition) is 6. The molecule has 0 saturated carbocycles. The largest absolute Gasteiger partial charge is 0.496 e. The number of ether oxygens (including phenoxy) is 3. The van der Waals surface area contributed by atoms with Gasteiger partial charge >= 0.3 is 5.97 Å². The van der Waals surface area contributed by atoms with Gasteiger partial charge in [0, 0.05) is 30.5 Å². The van der Waals surface area contributed by atoms with Crippen LogP contribution in [-0.4, -0.2) is 48.7 Å². The second kappa shape index (κ2) is 9.11. The van der Waals surface area contributed by atoms with Crippen LogP contribution in [0.15, 0.2) is 29.2 Å². The minimum atomic E-state index is -1.23. The van der Waals surface area contributed by atoms with Gasteiger partial charge in [0.05, 0.1) is 44.7 Å². The van der Waals surface area contributed by atoms with E-state index in [0.29, 0.717) is 37.8 Å². The number of aromatic carboxylic acids is 1. The van der Waals surface area contributed by atoms with Crippen LogP contribution in [0.1, 0.15) is 48.7 Å². The summed E-state index contributed by atoms with van der Waals surface area (Å²) < 4.78 is 18.1. The van der Waals surface area contributed by atoms with Crippen molar-refractivity contribution < 1.29 is 24.1 Å². The molecule has 1 N–H and O–H groups in total. The number of nitrogens with zero attached hydrogens (tertiary/aromatic N) is 2. The van der Waals surface area contributed by atoms with Gasteiger partial charge in [0.2, 0.25) is 0 Å². The van der Waals surface area contributed by atoms with Crippen LogP contribution in [0.2, 0.25) is 0 Å². The smallest absolute Gasteiger partial charge is 0.341 e. The maximum absolute atomic E-state index is 12.5. The van der Waals surface area contributed by atoms with Crippen molar-refractivity contribution in [2.45, 2.75) is 45.9 Å². The van der Waals surface area contributed by atoms with E-state index in [4.69, 9.17) is 14.2 Å². The summed E-state index contributed by atoms with van der Waals surface area (Å²) in [6, 6.07) is 5.33. The number of benzene rings is 1. The molecular formula is C23H30N2O6. The standard InChI is InChI=1S/C23H30N2O6/c1-6-23(2,3)25-12-15-9-16(14-31-8-7-29-4)21(30-5)10-17(15)19-11-20(26)18(22(27)28)13-24(19)25/h9-11,13H,6-8,12,14H2,1-5H3,(H,27,28). The van der Waals surface area contributed by atoms with Crippen molar-refractivity contribution in [3.05, 3.63) is 51.3 Å². The third-order valence-electron chi connectivity index (χ3n) is 5.88. The van der Waals surface area contributed by atoms with E-state index < -0.39 is 11.4 Å². The maximum Gasteiger partial charge on any atom is 0.341 e. The number of aromatic nitrogens is 1. The van der Waals surface area contributed by atoms with Crippen LogP contribution < -0.4 is 15.2 Å². The number of rotatable bonds is 9. The lowest BCUT2D eigenvalue weighted by molar-refractivity contribution is 0.0607. The summed E-state index contributed by atoms with van der Waals surface area (Å²) in [6.07, 6.45) is 2.26. The molecule has 0 aliphatic carbocycles. The number of carboxylic acid groups (broad SMARTS) is 1. The molecule has 0 radical (unpaired) electrons. The Hall–Kier alpha value is -2.84. The molecule has 8 nitrogen and oxygen atoms in total. The van der Waals surface area contributed by atoms with E-state index in [2.05, 4.69) is 25.8 Å². The van der Waals surface area contributed by atoms with Crippen molar-refractivity contribution in [2.24, 2.45) is 0 Å². The Bertz CT molecular complexity index is 1030. The van der Waals surface area contributed by atoms with Gasteiger partial charge < -0.3 is 24.3 Å². The van der Waals surface area contributed by atoms with Crippen molar-refractivity contribution >= 4 is 5.97 Å². The van der Waals surface area contributed by atoms with Crippen LogP contribution >= 0.6 is 0 Å². The molecule has 0 atom stereocenters. The Morgan fingerprint density at radius 1 is 1.19 bits per heavy atom. The van der Waals surface area contributed by atoms with Gasteiger partial charge in [-0.2, -0.15) is 0 Å². The van der Waals surface area contributed by atoms with Gasteiger partial charge in [-0.1, -0.05) is 6.92 Å². The SMILES string of the molecule is CCC(C)(C)N1Cc2cc(COCCOC)c(OC)cc2-c2cc(=O)c(C(=O)O)cn21. The molecule has 0 fully saturated rings. The summed E-state index contributed by atoms with van der Waals surface area (Å²) in [5.41, 5.74) is 2.37. The predicted molar refractivity (Wildman–Crippen MR) is 117 cm³/mol. The van der Waals surface area contributed by atoms with Crippen molar-refractivity contribution in [1.29, 1.82) is 0 Å². The highest BCUT2D eigenvalue weighted by Crippen LogP contribution is 2.37. The predicted octanol–water partition coefficient (Wildman–Crippen LogP) is 3.03. The molecule has 0 unspecified atom stereocenters. The average molecular weight is 431 g/mol. The number of carboxylic acids is 1. The van der Waals surface area contributed by atoms with Gasteiger partial charge in [0.15, 0.2) is 5.43 Å². The molecular weight excluding hydrogens is 400 g/mol. The van der Waals surface area contributed by atoms with Gasteiger partial charge in [-0.3, -0.25) is 9.47 Å². The van der Waals surface area contributed by atoms with Crippen LogP contribution in [-0.2, 0) is 22.6 Å². The van der Waals surface area contributed by atoms with Gasteiger partial charge in [-0.15, -0.1) is 0 Å². The average Bonchev–Trinajstić information content (AvgIpc) is 2.74. The molecule has 0 saturated heterocycles. The highest BCUT2D eigenvalue weighted by molar-refractivity contribution is 5.88.